The van der Waals surface area contributed by atoms with Gasteiger partial charge in [0.05, 0.1) is 11.1 Å². The summed E-state index contributed by atoms with van der Waals surface area (Å²) in [5.41, 5.74) is 3.38. The molecule has 11 heteroatoms. The van der Waals surface area contributed by atoms with Crippen LogP contribution in [0.4, 0.5) is 5.13 Å². The maximum absolute atomic E-state index is 13.1. The number of amides is 1. The van der Waals surface area contributed by atoms with Crippen molar-refractivity contribution in [1.82, 2.24) is 14.8 Å². The summed E-state index contributed by atoms with van der Waals surface area (Å²) in [6.45, 7) is 1.51. The Labute approximate surface area is 188 Å². The molecule has 8 nitrogen and oxygen atoms in total. The molecule has 1 aliphatic heterocycles. The van der Waals surface area contributed by atoms with Crippen LogP contribution in [0.1, 0.15) is 9.67 Å². The van der Waals surface area contributed by atoms with Crippen molar-refractivity contribution in [3.05, 3.63) is 64.6 Å². The van der Waals surface area contributed by atoms with Crippen LogP contribution in [0.5, 0.6) is 0 Å². The van der Waals surface area contributed by atoms with Gasteiger partial charge in [-0.2, -0.15) is 4.31 Å². The number of carbonyl (C=O) groups is 1. The number of hydrogen-bond acceptors (Lipinski definition) is 7. The van der Waals surface area contributed by atoms with Crippen molar-refractivity contribution in [2.75, 3.05) is 31.1 Å². The average Bonchev–Trinajstić information content (AvgIpc) is 3.29. The molecule has 4 rings (SSSR count). The molecule has 0 bridgehead atoms. The van der Waals surface area contributed by atoms with E-state index in [2.05, 4.69) is 4.98 Å². The summed E-state index contributed by atoms with van der Waals surface area (Å²) in [7, 11) is -3.62. The Morgan fingerprint density at radius 3 is 2.42 bits per heavy atom. The topological polar surface area (TPSA) is 103 Å². The van der Waals surface area contributed by atoms with Crippen LogP contribution >= 0.6 is 22.9 Å². The molecule has 0 atom stereocenters. The summed E-state index contributed by atoms with van der Waals surface area (Å²) in [4.78, 5) is 18.1. The van der Waals surface area contributed by atoms with Crippen molar-refractivity contribution >= 4 is 44.0 Å². The SMILES string of the molecule is O=C(NO)c1cnc(N2CCN(S(=O)(=O)c3ccc(-c4cccc(Cl)c4)cc3)CC2)s1. The van der Waals surface area contributed by atoms with Gasteiger partial charge in [-0.15, -0.1) is 0 Å². The standard InChI is InChI=1S/C20H19ClN4O4S2/c21-16-3-1-2-15(12-16)14-4-6-17(7-5-14)31(28,29)25-10-8-24(9-11-25)20-22-13-18(30-20)19(26)23-27/h1-7,12-13,27H,8-11H2,(H,23,26). The molecule has 1 aliphatic rings. The molecule has 2 heterocycles. The van der Waals surface area contributed by atoms with E-state index in [4.69, 9.17) is 16.8 Å². The lowest BCUT2D eigenvalue weighted by Crippen LogP contribution is -2.48. The van der Waals surface area contributed by atoms with Crippen molar-refractivity contribution < 1.29 is 18.4 Å². The minimum absolute atomic E-state index is 0.239. The molecule has 1 amide bonds. The molecule has 1 fully saturated rings. The highest BCUT2D eigenvalue weighted by molar-refractivity contribution is 7.89. The van der Waals surface area contributed by atoms with Gasteiger partial charge in [0.2, 0.25) is 10.0 Å². The number of carbonyl (C=O) groups excluding carboxylic acids is 1. The number of benzene rings is 2. The minimum Gasteiger partial charge on any atom is -0.345 e. The van der Waals surface area contributed by atoms with E-state index in [-0.39, 0.29) is 9.77 Å². The fourth-order valence-corrected chi connectivity index (χ4v) is 5.80. The Hall–Kier alpha value is -2.50. The largest absolute Gasteiger partial charge is 0.345 e. The number of anilines is 1. The van der Waals surface area contributed by atoms with Gasteiger partial charge < -0.3 is 4.90 Å². The normalized spacial score (nSPS) is 15.1. The van der Waals surface area contributed by atoms with Crippen LogP contribution in [0.3, 0.4) is 0 Å². The fourth-order valence-electron chi connectivity index (χ4n) is 3.33. The fraction of sp³-hybridized carbons (Fsp3) is 0.200. The molecule has 1 saturated heterocycles. The molecule has 1 aromatic heterocycles. The molecule has 0 spiro atoms. The maximum atomic E-state index is 13.1. The van der Waals surface area contributed by atoms with E-state index in [1.807, 2.05) is 23.1 Å². The lowest BCUT2D eigenvalue weighted by molar-refractivity contribution is 0.0710. The molecular formula is C20H19ClN4O4S2. The second-order valence-corrected chi connectivity index (χ2v) is 10.3. The summed E-state index contributed by atoms with van der Waals surface area (Å²) in [5.74, 6) is -0.619. The third kappa shape index (κ3) is 4.58. The molecule has 3 aromatic rings. The summed E-state index contributed by atoms with van der Waals surface area (Å²) in [6.07, 6.45) is 1.39. The lowest BCUT2D eigenvalue weighted by atomic mass is 10.1. The number of thiazole rings is 1. The Kier molecular flexibility index (Phi) is 6.26. The number of sulfonamides is 1. The van der Waals surface area contributed by atoms with Gasteiger partial charge in [-0.25, -0.2) is 18.9 Å². The van der Waals surface area contributed by atoms with E-state index in [0.717, 1.165) is 22.5 Å². The number of hydroxylamine groups is 1. The second kappa shape index (κ2) is 8.93. The smallest absolute Gasteiger partial charge is 0.286 e. The van der Waals surface area contributed by atoms with Gasteiger partial charge in [0.25, 0.3) is 5.91 Å². The maximum Gasteiger partial charge on any atom is 0.286 e. The number of hydrogen-bond donors (Lipinski definition) is 2. The van der Waals surface area contributed by atoms with Crippen LogP contribution in [0.25, 0.3) is 11.1 Å². The quantitative estimate of drug-likeness (QED) is 0.431. The van der Waals surface area contributed by atoms with Gasteiger partial charge in [-0.3, -0.25) is 10.0 Å². The molecule has 0 radical (unpaired) electrons. The lowest BCUT2D eigenvalue weighted by Gasteiger charge is -2.33. The predicted octanol–water partition coefficient (Wildman–Crippen LogP) is 3.09. The second-order valence-electron chi connectivity index (χ2n) is 6.87. The number of rotatable bonds is 5. The highest BCUT2D eigenvalue weighted by Crippen LogP contribution is 2.27. The summed E-state index contributed by atoms with van der Waals surface area (Å²) < 4.78 is 27.6. The Morgan fingerprint density at radius 1 is 1.06 bits per heavy atom. The van der Waals surface area contributed by atoms with Crippen molar-refractivity contribution in [1.29, 1.82) is 0 Å². The van der Waals surface area contributed by atoms with Crippen LogP contribution in [-0.4, -0.2) is 55.0 Å². The van der Waals surface area contributed by atoms with Gasteiger partial charge in [0.1, 0.15) is 4.88 Å². The van der Waals surface area contributed by atoms with Crippen LogP contribution in [0, 0.1) is 0 Å². The zero-order valence-electron chi connectivity index (χ0n) is 16.2. The number of piperazine rings is 1. The molecule has 162 valence electrons. The summed E-state index contributed by atoms with van der Waals surface area (Å²) in [5, 5.41) is 9.96. The van der Waals surface area contributed by atoms with Crippen LogP contribution in [0.2, 0.25) is 5.02 Å². The minimum atomic E-state index is -3.62. The molecule has 0 aliphatic carbocycles. The zero-order chi connectivity index (χ0) is 22.0. The van der Waals surface area contributed by atoms with E-state index < -0.39 is 15.9 Å². The van der Waals surface area contributed by atoms with Crippen LogP contribution < -0.4 is 10.4 Å². The van der Waals surface area contributed by atoms with E-state index in [1.54, 1.807) is 35.8 Å². The third-order valence-corrected chi connectivity index (χ3v) is 8.18. The number of halogens is 1. The first kappa shape index (κ1) is 21.7. The molecule has 0 unspecified atom stereocenters. The number of nitrogens with one attached hydrogen (secondary N) is 1. The highest BCUT2D eigenvalue weighted by atomic mass is 35.5. The van der Waals surface area contributed by atoms with Gasteiger partial charge in [-0.05, 0) is 35.4 Å². The molecule has 0 saturated carbocycles. The first-order valence-electron chi connectivity index (χ1n) is 9.40. The van der Waals surface area contributed by atoms with Crippen LogP contribution in [-0.2, 0) is 10.0 Å². The Morgan fingerprint density at radius 2 is 1.77 bits per heavy atom. The van der Waals surface area contributed by atoms with E-state index >= 15 is 0 Å². The molecular weight excluding hydrogens is 460 g/mol. The van der Waals surface area contributed by atoms with E-state index in [1.165, 1.54) is 10.5 Å². The van der Waals surface area contributed by atoms with Gasteiger partial charge >= 0.3 is 0 Å². The highest BCUT2D eigenvalue weighted by Gasteiger charge is 2.29. The van der Waals surface area contributed by atoms with E-state index in [9.17, 15) is 13.2 Å². The Bertz CT molecular complexity index is 1190. The van der Waals surface area contributed by atoms with Crippen molar-refractivity contribution in [3.8, 4) is 11.1 Å². The first-order valence-corrected chi connectivity index (χ1v) is 12.0. The van der Waals surface area contributed by atoms with Gasteiger partial charge in [0, 0.05) is 31.2 Å². The number of aromatic nitrogens is 1. The van der Waals surface area contributed by atoms with Crippen molar-refractivity contribution in [2.45, 2.75) is 4.90 Å². The molecule has 2 aromatic carbocycles. The van der Waals surface area contributed by atoms with Gasteiger partial charge in [0.15, 0.2) is 5.13 Å². The van der Waals surface area contributed by atoms with Gasteiger partial charge in [-0.1, -0.05) is 47.2 Å². The van der Waals surface area contributed by atoms with Crippen molar-refractivity contribution in [3.63, 3.8) is 0 Å². The Balaban J connectivity index is 1.44. The third-order valence-electron chi connectivity index (χ3n) is 4.98. The first-order chi connectivity index (χ1) is 14.9. The predicted molar refractivity (Wildman–Crippen MR) is 119 cm³/mol. The van der Waals surface area contributed by atoms with E-state index in [0.29, 0.717) is 36.3 Å². The van der Waals surface area contributed by atoms with Crippen molar-refractivity contribution in [2.24, 2.45) is 0 Å². The summed E-state index contributed by atoms with van der Waals surface area (Å²) in [6, 6.07) is 14.2. The van der Waals surface area contributed by atoms with Crippen LogP contribution in [0.15, 0.2) is 59.6 Å². The number of nitrogens with zero attached hydrogens (tertiary/aromatic N) is 3. The zero-order valence-corrected chi connectivity index (χ0v) is 18.6. The molecule has 2 N–H and O–H groups in total. The average molecular weight is 479 g/mol. The molecule has 31 heavy (non-hydrogen) atoms. The monoisotopic (exact) mass is 478 g/mol. The summed E-state index contributed by atoms with van der Waals surface area (Å²) >= 11 is 7.18.